The summed E-state index contributed by atoms with van der Waals surface area (Å²) in [5.41, 5.74) is 2.91. The fourth-order valence-electron chi connectivity index (χ4n) is 3.61. The summed E-state index contributed by atoms with van der Waals surface area (Å²) < 4.78 is 7.34. The van der Waals surface area contributed by atoms with Crippen LogP contribution in [0.1, 0.15) is 22.7 Å². The van der Waals surface area contributed by atoms with E-state index in [0.717, 1.165) is 16.7 Å². The van der Waals surface area contributed by atoms with Gasteiger partial charge >= 0.3 is 0 Å². The third kappa shape index (κ3) is 2.87. The molecule has 1 aromatic heterocycles. The van der Waals surface area contributed by atoms with Crippen LogP contribution in [0.5, 0.6) is 0 Å². The predicted molar refractivity (Wildman–Crippen MR) is 94.2 cm³/mol. The number of amides is 2. The number of carbonyl (C=O) groups excluding carboxylic acids is 2. The number of carbonyl (C=O) groups is 2. The Morgan fingerprint density at radius 1 is 1.27 bits per heavy atom. The maximum atomic E-state index is 13.2. The van der Waals surface area contributed by atoms with Crippen LogP contribution in [0.25, 0.3) is 0 Å². The highest BCUT2D eigenvalue weighted by Gasteiger charge is 2.43. The van der Waals surface area contributed by atoms with Crippen LogP contribution in [0.3, 0.4) is 0 Å². The van der Waals surface area contributed by atoms with Gasteiger partial charge in [0, 0.05) is 44.0 Å². The van der Waals surface area contributed by atoms with E-state index < -0.39 is 12.1 Å². The minimum atomic E-state index is -0.758. The molecule has 2 amide bonds. The van der Waals surface area contributed by atoms with E-state index in [9.17, 15) is 9.59 Å². The molecule has 26 heavy (non-hydrogen) atoms. The number of aryl methyl sites for hydroxylation is 1. The van der Waals surface area contributed by atoms with E-state index in [2.05, 4.69) is 5.10 Å². The van der Waals surface area contributed by atoms with E-state index in [1.807, 2.05) is 24.4 Å². The number of likely N-dealkylation sites (N-methyl/N-ethyl adjacent to an activating group) is 1. The van der Waals surface area contributed by atoms with Gasteiger partial charge in [0.05, 0.1) is 12.2 Å². The zero-order valence-corrected chi connectivity index (χ0v) is 15.3. The fraction of sp³-hybridized carbons (Fsp3) is 0.389. The summed E-state index contributed by atoms with van der Waals surface area (Å²) in [6.07, 6.45) is 2.72. The molecule has 1 aromatic carbocycles. The Morgan fingerprint density at radius 3 is 2.77 bits per heavy atom. The molecule has 8 heteroatoms. The monoisotopic (exact) mass is 374 g/mol. The normalized spacial score (nSPS) is 22.7. The first-order chi connectivity index (χ1) is 12.4. The lowest BCUT2D eigenvalue weighted by molar-refractivity contribution is -0.167. The van der Waals surface area contributed by atoms with Crippen LogP contribution in [0, 0.1) is 0 Å². The molecule has 4 rings (SSSR count). The summed E-state index contributed by atoms with van der Waals surface area (Å²) >= 11 is 6.06. The second-order valence-electron chi connectivity index (χ2n) is 6.74. The van der Waals surface area contributed by atoms with Crippen molar-refractivity contribution in [2.24, 2.45) is 7.05 Å². The van der Waals surface area contributed by atoms with Gasteiger partial charge in [-0.1, -0.05) is 17.7 Å². The van der Waals surface area contributed by atoms with Crippen LogP contribution in [0.15, 0.2) is 30.6 Å². The lowest BCUT2D eigenvalue weighted by Crippen LogP contribution is -2.53. The number of rotatable bonds is 2. The van der Waals surface area contributed by atoms with Gasteiger partial charge in [-0.25, -0.2) is 0 Å². The van der Waals surface area contributed by atoms with Gasteiger partial charge in [-0.3, -0.25) is 14.3 Å². The summed E-state index contributed by atoms with van der Waals surface area (Å²) in [6.45, 7) is 0.908. The van der Waals surface area contributed by atoms with Gasteiger partial charge in [-0.15, -0.1) is 0 Å². The molecule has 0 unspecified atom stereocenters. The van der Waals surface area contributed by atoms with Gasteiger partial charge in [0.25, 0.3) is 5.91 Å². The predicted octanol–water partition coefficient (Wildman–Crippen LogP) is 1.51. The van der Waals surface area contributed by atoms with Crippen LogP contribution in [0.4, 0.5) is 0 Å². The zero-order valence-electron chi connectivity index (χ0n) is 14.6. The molecule has 1 saturated heterocycles. The second-order valence-corrected chi connectivity index (χ2v) is 7.17. The largest absolute Gasteiger partial charge is 0.356 e. The molecule has 0 N–H and O–H groups in total. The minimum Gasteiger partial charge on any atom is -0.356 e. The number of nitrogens with zero attached hydrogens (tertiary/aromatic N) is 4. The molecule has 2 aliphatic heterocycles. The van der Waals surface area contributed by atoms with Crippen molar-refractivity contribution in [1.29, 1.82) is 0 Å². The minimum absolute atomic E-state index is 0.101. The van der Waals surface area contributed by atoms with Crippen molar-refractivity contribution in [2.45, 2.75) is 25.2 Å². The first-order valence-corrected chi connectivity index (χ1v) is 8.73. The van der Waals surface area contributed by atoms with Crippen LogP contribution < -0.4 is 0 Å². The zero-order chi connectivity index (χ0) is 18.4. The van der Waals surface area contributed by atoms with E-state index in [4.69, 9.17) is 16.3 Å². The van der Waals surface area contributed by atoms with Gasteiger partial charge in [0.2, 0.25) is 5.91 Å². The Balaban J connectivity index is 1.61. The maximum absolute atomic E-state index is 13.2. The van der Waals surface area contributed by atoms with Gasteiger partial charge < -0.3 is 14.5 Å². The molecule has 1 fully saturated rings. The van der Waals surface area contributed by atoms with E-state index >= 15 is 0 Å². The summed E-state index contributed by atoms with van der Waals surface area (Å²) in [6, 6.07) is 5.17. The lowest BCUT2D eigenvalue weighted by Gasteiger charge is -2.38. The number of halogens is 1. The molecule has 0 saturated carbocycles. The number of ether oxygens (including phenoxy) is 1. The number of morpholine rings is 1. The number of hydrogen-bond donors (Lipinski definition) is 0. The summed E-state index contributed by atoms with van der Waals surface area (Å²) in [7, 11) is 3.49. The fourth-order valence-corrected chi connectivity index (χ4v) is 3.80. The van der Waals surface area contributed by atoms with E-state index in [1.165, 1.54) is 0 Å². The van der Waals surface area contributed by atoms with E-state index in [0.29, 0.717) is 18.1 Å². The highest BCUT2D eigenvalue weighted by atomic mass is 35.5. The molecular weight excluding hydrogens is 356 g/mol. The van der Waals surface area contributed by atoms with Crippen LogP contribution in [0.2, 0.25) is 5.02 Å². The number of hydrogen-bond acceptors (Lipinski definition) is 4. The molecule has 2 aliphatic rings. The van der Waals surface area contributed by atoms with Crippen LogP contribution >= 0.6 is 11.6 Å². The van der Waals surface area contributed by atoms with Gasteiger partial charge in [0.15, 0.2) is 6.10 Å². The Morgan fingerprint density at radius 2 is 2.04 bits per heavy atom. The smallest absolute Gasteiger partial charge is 0.254 e. The molecule has 2 atom stereocenters. The molecule has 0 spiro atoms. The molecule has 2 aromatic rings. The maximum Gasteiger partial charge on any atom is 0.254 e. The Labute approximate surface area is 156 Å². The van der Waals surface area contributed by atoms with Gasteiger partial charge in [-0.2, -0.15) is 5.10 Å². The Kier molecular flexibility index (Phi) is 4.20. The SMILES string of the molecule is CN1C(=O)CO[C@@H](C(=O)N2Cc3ccc(Cl)cc3C2)[C@H]1c1cnn(C)c1. The van der Waals surface area contributed by atoms with Crippen molar-refractivity contribution >= 4 is 23.4 Å². The highest BCUT2D eigenvalue weighted by Crippen LogP contribution is 2.33. The van der Waals surface area contributed by atoms with Crippen molar-refractivity contribution in [3.05, 3.63) is 52.3 Å². The average molecular weight is 375 g/mol. The average Bonchev–Trinajstić information content (AvgIpc) is 3.22. The molecule has 0 radical (unpaired) electrons. The van der Waals surface area contributed by atoms with Crippen molar-refractivity contribution in [2.75, 3.05) is 13.7 Å². The highest BCUT2D eigenvalue weighted by molar-refractivity contribution is 6.30. The van der Waals surface area contributed by atoms with Gasteiger partial charge in [-0.05, 0) is 23.3 Å². The second kappa shape index (κ2) is 6.41. The first kappa shape index (κ1) is 17.1. The van der Waals surface area contributed by atoms with E-state index in [-0.39, 0.29) is 18.4 Å². The number of benzene rings is 1. The van der Waals surface area contributed by atoms with Crippen LogP contribution in [-0.2, 0) is 34.5 Å². The molecule has 0 aliphatic carbocycles. The standard InChI is InChI=1S/C18H19ClN4O3/c1-21-7-13(6-20-21)16-17(26-10-15(24)22(16)2)18(25)23-8-11-3-4-14(19)5-12(11)9-23/h3-7,16-17H,8-10H2,1-2H3/t16-,17-/m1/s1. The topological polar surface area (TPSA) is 67.7 Å². The molecular formula is C18H19ClN4O3. The summed E-state index contributed by atoms with van der Waals surface area (Å²) in [5, 5.41) is 4.83. The van der Waals surface area contributed by atoms with Crippen LogP contribution in [-0.4, -0.2) is 51.2 Å². The third-order valence-corrected chi connectivity index (χ3v) is 5.23. The quantitative estimate of drug-likeness (QED) is 0.799. The molecule has 136 valence electrons. The van der Waals surface area contributed by atoms with Crippen molar-refractivity contribution < 1.29 is 14.3 Å². The molecule has 0 bridgehead atoms. The van der Waals surface area contributed by atoms with Gasteiger partial charge in [0.1, 0.15) is 6.61 Å². The van der Waals surface area contributed by atoms with Crippen molar-refractivity contribution in [3.8, 4) is 0 Å². The van der Waals surface area contributed by atoms with E-state index in [1.54, 1.807) is 34.8 Å². The molecule has 3 heterocycles. The third-order valence-electron chi connectivity index (χ3n) is 5.00. The Bertz CT molecular complexity index is 881. The Hall–Kier alpha value is -2.38. The number of fused-ring (bicyclic) bond motifs is 1. The van der Waals surface area contributed by atoms with Crippen molar-refractivity contribution in [1.82, 2.24) is 19.6 Å². The summed E-state index contributed by atoms with van der Waals surface area (Å²) in [5.74, 6) is -0.287. The summed E-state index contributed by atoms with van der Waals surface area (Å²) in [4.78, 5) is 28.6. The first-order valence-electron chi connectivity index (χ1n) is 8.36. The lowest BCUT2D eigenvalue weighted by atomic mass is 10.00. The molecule has 7 nitrogen and oxygen atoms in total. The number of aromatic nitrogens is 2. The van der Waals surface area contributed by atoms with Crippen molar-refractivity contribution in [3.63, 3.8) is 0 Å².